The predicted molar refractivity (Wildman–Crippen MR) is 84.3 cm³/mol. The van der Waals surface area contributed by atoms with E-state index in [9.17, 15) is 18.4 Å². The molecule has 0 spiro atoms. The third kappa shape index (κ3) is 2.93. The molecule has 6 nitrogen and oxygen atoms in total. The van der Waals surface area contributed by atoms with Crippen LogP contribution in [-0.4, -0.2) is 46.2 Å². The summed E-state index contributed by atoms with van der Waals surface area (Å²) in [5.74, 6) is -0.264. The Morgan fingerprint density at radius 2 is 2.04 bits per heavy atom. The Morgan fingerprint density at radius 1 is 1.38 bits per heavy atom. The summed E-state index contributed by atoms with van der Waals surface area (Å²) >= 11 is 0. The molecule has 0 unspecified atom stereocenters. The first kappa shape index (κ1) is 16.6. The zero-order valence-corrected chi connectivity index (χ0v) is 13.5. The third-order valence-electron chi connectivity index (χ3n) is 4.45. The number of carbonyl (C=O) groups excluding carboxylic acids is 1. The highest BCUT2D eigenvalue weighted by molar-refractivity contribution is 6.07. The zero-order chi connectivity index (χ0) is 17.4. The number of alkyl halides is 2. The smallest absolute Gasteiger partial charge is 0.345 e. The lowest BCUT2D eigenvalue weighted by atomic mass is 10.1. The van der Waals surface area contributed by atoms with Crippen molar-refractivity contribution in [2.24, 2.45) is 7.05 Å². The fourth-order valence-electron chi connectivity index (χ4n) is 3.23. The van der Waals surface area contributed by atoms with E-state index >= 15 is 0 Å². The molecule has 2 aromatic heterocycles. The van der Waals surface area contributed by atoms with Crippen LogP contribution in [0.3, 0.4) is 0 Å². The number of pyridine rings is 1. The third-order valence-corrected chi connectivity index (χ3v) is 4.45. The minimum absolute atomic E-state index is 0.240. The van der Waals surface area contributed by atoms with Gasteiger partial charge in [0.05, 0.1) is 22.6 Å². The lowest BCUT2D eigenvalue weighted by Crippen LogP contribution is -2.41. The van der Waals surface area contributed by atoms with Crippen molar-refractivity contribution in [1.29, 1.82) is 0 Å². The quantitative estimate of drug-likeness (QED) is 0.930. The Kier molecular flexibility index (Phi) is 4.40. The normalized spacial score (nSPS) is 16.3. The number of carbonyl (C=O) groups is 1. The fraction of sp³-hybridized carbons (Fsp3) is 0.500. The van der Waals surface area contributed by atoms with Crippen LogP contribution in [0.4, 0.5) is 8.78 Å². The van der Waals surface area contributed by atoms with Gasteiger partial charge in [-0.05, 0) is 25.3 Å². The molecule has 0 radical (unpaired) electrons. The number of aromatic amines is 1. The molecule has 3 heterocycles. The van der Waals surface area contributed by atoms with E-state index in [4.69, 9.17) is 0 Å². The van der Waals surface area contributed by atoms with Gasteiger partial charge in [0, 0.05) is 32.5 Å². The molecule has 0 bridgehead atoms. The topological polar surface area (TPSA) is 67.3 Å². The molecule has 0 aromatic carbocycles. The average molecular weight is 339 g/mol. The number of rotatable bonds is 3. The first-order chi connectivity index (χ1) is 11.4. The van der Waals surface area contributed by atoms with Crippen molar-refractivity contribution in [3.63, 3.8) is 0 Å². The maximum atomic E-state index is 12.7. The number of fused-ring (bicyclic) bond motifs is 1. The molecule has 0 aliphatic carbocycles. The second-order valence-corrected chi connectivity index (χ2v) is 6.07. The molecule has 24 heavy (non-hydrogen) atoms. The largest absolute Gasteiger partial charge is 0.360 e. The summed E-state index contributed by atoms with van der Waals surface area (Å²) in [6.45, 7) is -0.277. The van der Waals surface area contributed by atoms with Gasteiger partial charge in [0.2, 0.25) is 0 Å². The fourth-order valence-corrected chi connectivity index (χ4v) is 3.23. The van der Waals surface area contributed by atoms with Gasteiger partial charge in [-0.3, -0.25) is 9.59 Å². The Morgan fingerprint density at radius 3 is 2.67 bits per heavy atom. The minimum Gasteiger partial charge on any atom is -0.360 e. The highest BCUT2D eigenvalue weighted by Gasteiger charge is 2.28. The van der Waals surface area contributed by atoms with Crippen LogP contribution in [0.25, 0.3) is 10.9 Å². The monoisotopic (exact) mass is 339 g/mol. The number of H-pyrrole nitrogens is 1. The molecule has 1 aliphatic heterocycles. The summed E-state index contributed by atoms with van der Waals surface area (Å²) in [5.41, 5.74) is 1.60. The second-order valence-electron chi connectivity index (χ2n) is 6.07. The summed E-state index contributed by atoms with van der Waals surface area (Å²) in [4.78, 5) is 29.7. The van der Waals surface area contributed by atoms with Crippen LogP contribution in [0.2, 0.25) is 0 Å². The summed E-state index contributed by atoms with van der Waals surface area (Å²) in [5, 5.41) is 0.369. The van der Waals surface area contributed by atoms with Gasteiger partial charge in [-0.25, -0.2) is 0 Å². The molecular weight excluding hydrogens is 320 g/mol. The molecular formula is C16H19F2N3O3. The summed E-state index contributed by atoms with van der Waals surface area (Å²) < 4.78 is 30.4. The van der Waals surface area contributed by atoms with E-state index in [1.807, 2.05) is 6.92 Å². The number of aromatic nitrogens is 2. The average Bonchev–Trinajstić information content (AvgIpc) is 2.98. The van der Waals surface area contributed by atoms with Crippen molar-refractivity contribution in [3.8, 4) is 0 Å². The summed E-state index contributed by atoms with van der Waals surface area (Å²) in [7, 11) is 1.64. The van der Waals surface area contributed by atoms with Crippen LogP contribution in [0.15, 0.2) is 17.2 Å². The summed E-state index contributed by atoms with van der Waals surface area (Å²) in [6, 6.07) is 0. The number of hydrogen-bond donors (Lipinski definition) is 1. The van der Waals surface area contributed by atoms with Crippen LogP contribution in [0.1, 0.15) is 28.8 Å². The lowest BCUT2D eigenvalue weighted by molar-refractivity contribution is -0.171. The molecule has 1 fully saturated rings. The van der Waals surface area contributed by atoms with Gasteiger partial charge in [-0.15, -0.1) is 0 Å². The van der Waals surface area contributed by atoms with Gasteiger partial charge in [0.15, 0.2) is 0 Å². The number of ether oxygens (including phenoxy) is 1. The van der Waals surface area contributed by atoms with Gasteiger partial charge < -0.3 is 19.2 Å². The number of likely N-dealkylation sites (tertiary alicyclic amines) is 1. The Hall–Kier alpha value is -2.22. The van der Waals surface area contributed by atoms with Gasteiger partial charge in [-0.2, -0.15) is 8.78 Å². The second kappa shape index (κ2) is 6.35. The van der Waals surface area contributed by atoms with E-state index in [-0.39, 0.29) is 11.5 Å². The minimum atomic E-state index is -2.79. The van der Waals surface area contributed by atoms with Crippen molar-refractivity contribution in [1.82, 2.24) is 14.5 Å². The Bertz CT molecular complexity index is 820. The molecule has 1 N–H and O–H groups in total. The number of piperidine rings is 1. The molecule has 2 aromatic rings. The van der Waals surface area contributed by atoms with Gasteiger partial charge >= 0.3 is 6.61 Å². The maximum Gasteiger partial charge on any atom is 0.345 e. The van der Waals surface area contributed by atoms with Crippen LogP contribution >= 0.6 is 0 Å². The van der Waals surface area contributed by atoms with Crippen molar-refractivity contribution in [3.05, 3.63) is 33.9 Å². The van der Waals surface area contributed by atoms with Gasteiger partial charge in [0.25, 0.3) is 11.5 Å². The Balaban J connectivity index is 1.84. The molecule has 0 atom stereocenters. The Labute approximate surface area is 137 Å². The van der Waals surface area contributed by atoms with Crippen molar-refractivity contribution < 1.29 is 18.3 Å². The van der Waals surface area contributed by atoms with E-state index in [0.29, 0.717) is 42.4 Å². The molecule has 3 rings (SSSR count). The molecule has 8 heteroatoms. The molecule has 1 saturated heterocycles. The molecule has 0 saturated carbocycles. The van der Waals surface area contributed by atoms with E-state index in [1.54, 1.807) is 24.3 Å². The predicted octanol–water partition coefficient (Wildman–Crippen LogP) is 2.02. The molecule has 130 valence electrons. The van der Waals surface area contributed by atoms with E-state index in [0.717, 1.165) is 5.56 Å². The van der Waals surface area contributed by atoms with E-state index in [1.165, 1.54) is 4.57 Å². The van der Waals surface area contributed by atoms with Crippen LogP contribution in [0.5, 0.6) is 0 Å². The number of aryl methyl sites for hydroxylation is 2. The summed E-state index contributed by atoms with van der Waals surface area (Å²) in [6.07, 6.45) is 3.43. The molecule has 1 aliphatic rings. The van der Waals surface area contributed by atoms with Crippen molar-refractivity contribution >= 4 is 16.8 Å². The van der Waals surface area contributed by atoms with Crippen LogP contribution in [-0.2, 0) is 11.8 Å². The van der Waals surface area contributed by atoms with E-state index < -0.39 is 12.7 Å². The van der Waals surface area contributed by atoms with Crippen molar-refractivity contribution in [2.75, 3.05) is 13.1 Å². The number of nitrogens with zero attached hydrogens (tertiary/aromatic N) is 2. The number of halogens is 2. The van der Waals surface area contributed by atoms with Crippen molar-refractivity contribution in [2.45, 2.75) is 32.5 Å². The first-order valence-corrected chi connectivity index (χ1v) is 7.78. The van der Waals surface area contributed by atoms with Crippen LogP contribution < -0.4 is 5.56 Å². The number of nitrogens with one attached hydrogen (secondary N) is 1. The SMILES string of the molecule is Cc1cn(C)c(=O)c2c(C(=O)N3CCC(OC(F)F)CC3)c[nH]c12. The zero-order valence-electron chi connectivity index (χ0n) is 13.5. The number of amides is 1. The van der Waals surface area contributed by atoms with E-state index in [2.05, 4.69) is 9.72 Å². The molecule has 1 amide bonds. The first-order valence-electron chi connectivity index (χ1n) is 7.78. The lowest BCUT2D eigenvalue weighted by Gasteiger charge is -2.31. The highest BCUT2D eigenvalue weighted by Crippen LogP contribution is 2.22. The highest BCUT2D eigenvalue weighted by atomic mass is 19.3. The van der Waals surface area contributed by atoms with Crippen LogP contribution in [0, 0.1) is 6.92 Å². The van der Waals surface area contributed by atoms with Gasteiger partial charge in [-0.1, -0.05) is 0 Å². The number of hydrogen-bond acceptors (Lipinski definition) is 3. The maximum absolute atomic E-state index is 12.7. The standard InChI is InChI=1S/C16H19F2N3O3/c1-9-8-20(2)15(23)12-11(7-19-13(9)12)14(22)21-5-3-10(4-6-21)24-16(17)18/h7-8,10,16,19H,3-6H2,1-2H3. The van der Waals surface area contributed by atoms with Gasteiger partial charge in [0.1, 0.15) is 0 Å².